The average molecular weight is 309 g/mol. The van der Waals surface area contributed by atoms with E-state index >= 15 is 0 Å². The van der Waals surface area contributed by atoms with Crippen LogP contribution in [-0.2, 0) is 4.74 Å². The number of halogens is 3. The highest BCUT2D eigenvalue weighted by molar-refractivity contribution is 7.95. The molecule has 20 heavy (non-hydrogen) atoms. The van der Waals surface area contributed by atoms with E-state index in [1.807, 2.05) is 0 Å². The quantitative estimate of drug-likeness (QED) is 0.494. The van der Waals surface area contributed by atoms with E-state index in [1.54, 1.807) is 0 Å². The molecule has 1 aromatic heterocycles. The van der Waals surface area contributed by atoms with Gasteiger partial charge in [-0.3, -0.25) is 0 Å². The lowest BCUT2D eigenvalue weighted by Gasteiger charge is -2.12. The van der Waals surface area contributed by atoms with Gasteiger partial charge in [-0.15, -0.1) is 0 Å². The number of carbonyl (C=O) groups excluding carboxylic acids is 1. The Morgan fingerprint density at radius 2 is 2.20 bits per heavy atom. The first-order valence-corrected chi connectivity index (χ1v) is 5.80. The third-order valence-electron chi connectivity index (χ3n) is 2.05. The van der Waals surface area contributed by atoms with E-state index in [4.69, 9.17) is 5.41 Å². The number of alkyl halides is 3. The Bertz CT molecular complexity index is 522. The molecule has 1 rings (SSSR count). The minimum Gasteiger partial charge on any atom is -0.464 e. The molecule has 0 amide bonds. The van der Waals surface area contributed by atoms with Gasteiger partial charge >= 0.3 is 11.5 Å². The fraction of sp³-hybridized carbons (Fsp3) is 0.300. The fourth-order valence-electron chi connectivity index (χ4n) is 1.24. The van der Waals surface area contributed by atoms with Crippen molar-refractivity contribution in [1.82, 2.24) is 4.98 Å². The molecule has 0 aliphatic rings. The lowest BCUT2D eigenvalue weighted by atomic mass is 10.2. The van der Waals surface area contributed by atoms with Crippen molar-refractivity contribution in [1.29, 1.82) is 5.41 Å². The van der Waals surface area contributed by atoms with Gasteiger partial charge in [-0.1, -0.05) is 0 Å². The van der Waals surface area contributed by atoms with Crippen molar-refractivity contribution in [3.8, 4) is 5.88 Å². The highest BCUT2D eigenvalue weighted by Gasteiger charge is 2.32. The molecule has 0 fully saturated rings. The van der Waals surface area contributed by atoms with Crippen LogP contribution < -0.4 is 9.50 Å². The number of anilines is 1. The van der Waals surface area contributed by atoms with E-state index in [-0.39, 0.29) is 16.9 Å². The first-order valence-electron chi connectivity index (χ1n) is 5.06. The van der Waals surface area contributed by atoms with E-state index in [1.165, 1.54) is 13.1 Å². The summed E-state index contributed by atoms with van der Waals surface area (Å²) >= 11 is -0.782. The summed E-state index contributed by atoms with van der Waals surface area (Å²) < 4.78 is 45.3. The summed E-state index contributed by atoms with van der Waals surface area (Å²) in [5.41, 5.74) is -4.67. The van der Waals surface area contributed by atoms with E-state index in [9.17, 15) is 18.0 Å². The van der Waals surface area contributed by atoms with Crippen LogP contribution in [0.2, 0.25) is 0 Å². The summed E-state index contributed by atoms with van der Waals surface area (Å²) in [4.78, 5) is 15.0. The zero-order valence-corrected chi connectivity index (χ0v) is 11.2. The van der Waals surface area contributed by atoms with Crippen LogP contribution in [0.3, 0.4) is 0 Å². The van der Waals surface area contributed by atoms with E-state index in [0.29, 0.717) is 0 Å². The van der Waals surface area contributed by atoms with E-state index in [2.05, 4.69) is 19.2 Å². The van der Waals surface area contributed by atoms with Gasteiger partial charge < -0.3 is 19.6 Å². The van der Waals surface area contributed by atoms with Gasteiger partial charge in [-0.2, -0.15) is 13.2 Å². The molecule has 0 unspecified atom stereocenters. The highest BCUT2D eigenvalue weighted by atomic mass is 32.2. The van der Waals surface area contributed by atoms with Gasteiger partial charge in [0.05, 0.1) is 18.4 Å². The van der Waals surface area contributed by atoms with E-state index in [0.717, 1.165) is 13.3 Å². The Kier molecular flexibility index (Phi) is 5.19. The fourth-order valence-corrected chi connectivity index (χ4v) is 1.54. The molecule has 2 N–H and O–H groups in total. The molecule has 0 saturated heterocycles. The predicted molar refractivity (Wildman–Crippen MR) is 67.3 cm³/mol. The number of esters is 1. The largest absolute Gasteiger partial charge is 0.479 e. The van der Waals surface area contributed by atoms with Gasteiger partial charge in [0.1, 0.15) is 0 Å². The van der Waals surface area contributed by atoms with Crippen molar-refractivity contribution in [2.75, 3.05) is 19.5 Å². The van der Waals surface area contributed by atoms with Gasteiger partial charge in [0.15, 0.2) is 17.7 Å². The molecule has 1 aromatic rings. The summed E-state index contributed by atoms with van der Waals surface area (Å²) in [6, 6.07) is 1.25. The maximum Gasteiger partial charge on any atom is 0.479 e. The number of methoxy groups -OCH3 is 1. The van der Waals surface area contributed by atoms with Crippen molar-refractivity contribution in [3.63, 3.8) is 0 Å². The first kappa shape index (κ1) is 16.1. The molecule has 0 aliphatic carbocycles. The standard InChI is InChI=1S/C10H10F3N3O3S/c1-15-6-3-7(9(17)18-2)16-8(5(6)4-14)19-20-10(11,12)13/h3-4,14H,1-2H3,(H,15,16). The lowest BCUT2D eigenvalue weighted by Crippen LogP contribution is -2.10. The van der Waals surface area contributed by atoms with Crippen molar-refractivity contribution < 1.29 is 26.9 Å². The summed E-state index contributed by atoms with van der Waals surface area (Å²) in [6.45, 7) is 0. The molecule has 0 radical (unpaired) electrons. The zero-order chi connectivity index (χ0) is 15.3. The monoisotopic (exact) mass is 309 g/mol. The van der Waals surface area contributed by atoms with Crippen LogP contribution in [0.25, 0.3) is 0 Å². The molecular formula is C10H10F3N3O3S. The van der Waals surface area contributed by atoms with Gasteiger partial charge in [0.25, 0.3) is 0 Å². The average Bonchev–Trinajstić information content (AvgIpc) is 2.42. The second kappa shape index (κ2) is 6.46. The van der Waals surface area contributed by atoms with Crippen LogP contribution in [0.5, 0.6) is 5.88 Å². The number of ether oxygens (including phenoxy) is 1. The number of nitrogens with zero attached hydrogens (tertiary/aromatic N) is 1. The van der Waals surface area contributed by atoms with Gasteiger partial charge in [0, 0.05) is 13.3 Å². The summed E-state index contributed by atoms with van der Waals surface area (Å²) in [5, 5.41) is 9.83. The summed E-state index contributed by atoms with van der Waals surface area (Å²) in [6.07, 6.45) is 0.770. The maximum atomic E-state index is 12.1. The molecule has 1 heterocycles. The third kappa shape index (κ3) is 4.02. The Labute approximate surface area is 116 Å². The van der Waals surface area contributed by atoms with Crippen molar-refractivity contribution in [3.05, 3.63) is 17.3 Å². The zero-order valence-electron chi connectivity index (χ0n) is 10.4. The van der Waals surface area contributed by atoms with Crippen LogP contribution in [0, 0.1) is 5.41 Å². The number of hydrogen-bond donors (Lipinski definition) is 2. The number of carbonyl (C=O) groups is 1. The topological polar surface area (TPSA) is 84.3 Å². The van der Waals surface area contributed by atoms with E-state index < -0.39 is 29.4 Å². The maximum absolute atomic E-state index is 12.1. The smallest absolute Gasteiger partial charge is 0.464 e. The SMILES string of the molecule is CNc1cc(C(=O)OC)nc(OSC(F)(F)F)c1C=N. The normalized spacial score (nSPS) is 10.8. The minimum absolute atomic E-state index is 0.0168. The van der Waals surface area contributed by atoms with Gasteiger partial charge in [0.2, 0.25) is 5.88 Å². The van der Waals surface area contributed by atoms with Crippen LogP contribution >= 0.6 is 12.0 Å². The number of hydrogen-bond acceptors (Lipinski definition) is 7. The van der Waals surface area contributed by atoms with Gasteiger partial charge in [-0.25, -0.2) is 9.78 Å². The lowest BCUT2D eigenvalue weighted by molar-refractivity contribution is -0.0370. The molecule has 0 aromatic carbocycles. The Hall–Kier alpha value is -1.97. The molecule has 0 bridgehead atoms. The molecular weight excluding hydrogens is 299 g/mol. The number of aromatic nitrogens is 1. The summed E-state index contributed by atoms with van der Waals surface area (Å²) in [5.74, 6) is -1.34. The van der Waals surface area contributed by atoms with Crippen molar-refractivity contribution in [2.24, 2.45) is 0 Å². The van der Waals surface area contributed by atoms with Crippen molar-refractivity contribution >= 4 is 29.9 Å². The third-order valence-corrected chi connectivity index (χ3v) is 2.48. The number of rotatable bonds is 5. The Morgan fingerprint density at radius 3 is 2.65 bits per heavy atom. The molecule has 0 spiro atoms. The van der Waals surface area contributed by atoms with Crippen LogP contribution in [0.15, 0.2) is 6.07 Å². The van der Waals surface area contributed by atoms with Crippen molar-refractivity contribution in [2.45, 2.75) is 5.51 Å². The second-order valence-corrected chi connectivity index (χ2v) is 4.07. The molecule has 110 valence electrons. The van der Waals surface area contributed by atoms with Gasteiger partial charge in [-0.05, 0) is 6.07 Å². The summed E-state index contributed by atoms with van der Waals surface area (Å²) in [7, 11) is 2.59. The van der Waals surface area contributed by atoms with Crippen LogP contribution in [0.1, 0.15) is 16.1 Å². The predicted octanol–water partition coefficient (Wildman–Crippen LogP) is 2.45. The van der Waals surface area contributed by atoms with Crippen LogP contribution in [-0.4, -0.2) is 36.8 Å². The molecule has 0 aliphatic heterocycles. The molecule has 0 saturated carbocycles. The number of pyridine rings is 1. The van der Waals surface area contributed by atoms with Crippen LogP contribution in [0.4, 0.5) is 18.9 Å². The minimum atomic E-state index is -4.64. The first-order chi connectivity index (χ1) is 9.32. The highest BCUT2D eigenvalue weighted by Crippen LogP contribution is 2.34. The molecule has 10 heteroatoms. The number of nitrogens with one attached hydrogen (secondary N) is 2. The molecule has 6 nitrogen and oxygen atoms in total. The Balaban J connectivity index is 3.23. The Morgan fingerprint density at radius 1 is 1.55 bits per heavy atom. The second-order valence-electron chi connectivity index (χ2n) is 3.27. The molecule has 0 atom stereocenters.